The van der Waals surface area contributed by atoms with Crippen LogP contribution in [0.5, 0.6) is 0 Å². The molecule has 0 heterocycles. The standard InChI is InChI=1S/C15H24/c1-9(2)13-7-14-10(3)11-4-5-12(6-11)15(14)8-13/h9,11-15H,3-8H2,1-2H3/t11-,12+,13?,14?,15?/m1/s1. The van der Waals surface area contributed by atoms with Crippen molar-refractivity contribution in [3.63, 3.8) is 0 Å². The first kappa shape index (κ1) is 9.93. The van der Waals surface area contributed by atoms with Gasteiger partial charge in [-0.2, -0.15) is 0 Å². The first-order chi connectivity index (χ1) is 7.16. The van der Waals surface area contributed by atoms with Gasteiger partial charge in [0, 0.05) is 0 Å². The molecule has 0 aliphatic heterocycles. The number of hydrogen-bond donors (Lipinski definition) is 0. The summed E-state index contributed by atoms with van der Waals surface area (Å²) < 4.78 is 0. The molecule has 0 radical (unpaired) electrons. The predicted molar refractivity (Wildman–Crippen MR) is 64.5 cm³/mol. The molecule has 3 rings (SSSR count). The summed E-state index contributed by atoms with van der Waals surface area (Å²) in [5, 5.41) is 0. The first-order valence-electron chi connectivity index (χ1n) is 6.85. The Labute approximate surface area is 94.1 Å². The second-order valence-corrected chi connectivity index (χ2v) is 6.59. The Bertz CT molecular complexity index is 276. The molecule has 3 fully saturated rings. The van der Waals surface area contributed by atoms with Gasteiger partial charge in [-0.25, -0.2) is 0 Å². The molecule has 0 N–H and O–H groups in total. The van der Waals surface area contributed by atoms with Gasteiger partial charge in [0.25, 0.3) is 0 Å². The van der Waals surface area contributed by atoms with Crippen molar-refractivity contribution in [3.8, 4) is 0 Å². The molecule has 84 valence electrons. The molecule has 0 aromatic heterocycles. The second-order valence-electron chi connectivity index (χ2n) is 6.59. The summed E-state index contributed by atoms with van der Waals surface area (Å²) in [6.45, 7) is 9.24. The Morgan fingerprint density at radius 2 is 1.93 bits per heavy atom. The highest BCUT2D eigenvalue weighted by Crippen LogP contribution is 2.58. The van der Waals surface area contributed by atoms with Gasteiger partial charge >= 0.3 is 0 Å². The Kier molecular flexibility index (Phi) is 2.23. The lowest BCUT2D eigenvalue weighted by Gasteiger charge is -2.33. The topological polar surface area (TPSA) is 0 Å². The van der Waals surface area contributed by atoms with Crippen molar-refractivity contribution < 1.29 is 0 Å². The second kappa shape index (κ2) is 3.37. The van der Waals surface area contributed by atoms with E-state index < -0.39 is 0 Å². The summed E-state index contributed by atoms with van der Waals surface area (Å²) >= 11 is 0. The number of rotatable bonds is 1. The van der Waals surface area contributed by atoms with Crippen LogP contribution in [0.1, 0.15) is 46.0 Å². The van der Waals surface area contributed by atoms with Crippen molar-refractivity contribution >= 4 is 0 Å². The Morgan fingerprint density at radius 1 is 1.13 bits per heavy atom. The number of fused-ring (bicyclic) bond motifs is 4. The molecule has 0 saturated heterocycles. The fourth-order valence-electron chi connectivity index (χ4n) is 4.65. The maximum absolute atomic E-state index is 4.43. The van der Waals surface area contributed by atoms with Gasteiger partial charge in [0.1, 0.15) is 0 Å². The molecule has 15 heavy (non-hydrogen) atoms. The molecule has 0 amide bonds. The summed E-state index contributed by atoms with van der Waals surface area (Å²) in [5.41, 5.74) is 1.65. The average Bonchev–Trinajstić information content (AvgIpc) is 2.81. The smallest absolute Gasteiger partial charge is 0.0169 e. The Morgan fingerprint density at radius 3 is 2.67 bits per heavy atom. The molecule has 0 spiro atoms. The average molecular weight is 204 g/mol. The highest BCUT2D eigenvalue weighted by atomic mass is 14.5. The number of hydrogen-bond acceptors (Lipinski definition) is 0. The van der Waals surface area contributed by atoms with Gasteiger partial charge in [-0.05, 0) is 67.6 Å². The van der Waals surface area contributed by atoms with Crippen LogP contribution in [0.3, 0.4) is 0 Å². The van der Waals surface area contributed by atoms with Crippen molar-refractivity contribution in [3.05, 3.63) is 12.2 Å². The molecule has 3 saturated carbocycles. The molecule has 2 bridgehead atoms. The third-order valence-electron chi connectivity index (χ3n) is 5.67. The largest absolute Gasteiger partial charge is 0.0993 e. The lowest BCUT2D eigenvalue weighted by atomic mass is 9.71. The summed E-state index contributed by atoms with van der Waals surface area (Å²) in [5.74, 6) is 5.83. The molecule has 0 aromatic carbocycles. The van der Waals surface area contributed by atoms with E-state index in [0.717, 1.165) is 35.5 Å². The fraction of sp³-hybridized carbons (Fsp3) is 0.867. The van der Waals surface area contributed by atoms with Crippen LogP contribution in [-0.2, 0) is 0 Å². The Balaban J connectivity index is 1.82. The zero-order valence-electron chi connectivity index (χ0n) is 10.2. The quantitative estimate of drug-likeness (QED) is 0.559. The van der Waals surface area contributed by atoms with Crippen molar-refractivity contribution in [2.75, 3.05) is 0 Å². The highest BCUT2D eigenvalue weighted by Gasteiger charge is 2.48. The third kappa shape index (κ3) is 1.40. The monoisotopic (exact) mass is 204 g/mol. The zero-order chi connectivity index (χ0) is 10.6. The molecule has 0 nitrogen and oxygen atoms in total. The van der Waals surface area contributed by atoms with Crippen molar-refractivity contribution in [1.29, 1.82) is 0 Å². The molecule has 0 heteroatoms. The molecular weight excluding hydrogens is 180 g/mol. The van der Waals surface area contributed by atoms with E-state index in [4.69, 9.17) is 0 Å². The van der Waals surface area contributed by atoms with Crippen molar-refractivity contribution in [2.45, 2.75) is 46.0 Å². The maximum atomic E-state index is 4.43. The summed E-state index contributed by atoms with van der Waals surface area (Å²) in [6.07, 6.45) is 7.44. The third-order valence-corrected chi connectivity index (χ3v) is 5.67. The van der Waals surface area contributed by atoms with Gasteiger partial charge in [-0.3, -0.25) is 0 Å². The fourth-order valence-corrected chi connectivity index (χ4v) is 4.65. The van der Waals surface area contributed by atoms with Crippen LogP contribution in [0, 0.1) is 35.5 Å². The van der Waals surface area contributed by atoms with Gasteiger partial charge in [-0.1, -0.05) is 26.0 Å². The van der Waals surface area contributed by atoms with E-state index >= 15 is 0 Å². The van der Waals surface area contributed by atoms with Crippen molar-refractivity contribution in [2.24, 2.45) is 35.5 Å². The van der Waals surface area contributed by atoms with E-state index in [-0.39, 0.29) is 0 Å². The molecular formula is C15H24. The summed E-state index contributed by atoms with van der Waals surface area (Å²) in [6, 6.07) is 0. The van der Waals surface area contributed by atoms with E-state index in [1.807, 2.05) is 0 Å². The molecule has 3 unspecified atom stereocenters. The van der Waals surface area contributed by atoms with E-state index in [1.54, 1.807) is 5.57 Å². The number of allylic oxidation sites excluding steroid dienone is 1. The lowest BCUT2D eigenvalue weighted by Crippen LogP contribution is -2.25. The van der Waals surface area contributed by atoms with Crippen LogP contribution in [-0.4, -0.2) is 0 Å². The lowest BCUT2D eigenvalue weighted by molar-refractivity contribution is 0.243. The van der Waals surface area contributed by atoms with Crippen LogP contribution in [0.15, 0.2) is 12.2 Å². The molecule has 3 aliphatic rings. The predicted octanol–water partition coefficient (Wildman–Crippen LogP) is 4.27. The van der Waals surface area contributed by atoms with Gasteiger partial charge in [0.05, 0.1) is 0 Å². The maximum Gasteiger partial charge on any atom is -0.0169 e. The van der Waals surface area contributed by atoms with E-state index in [0.29, 0.717) is 0 Å². The van der Waals surface area contributed by atoms with Gasteiger partial charge in [-0.15, -0.1) is 0 Å². The van der Waals surface area contributed by atoms with Crippen molar-refractivity contribution in [1.82, 2.24) is 0 Å². The van der Waals surface area contributed by atoms with Crippen LogP contribution < -0.4 is 0 Å². The minimum absolute atomic E-state index is 0.891. The highest BCUT2D eigenvalue weighted by molar-refractivity contribution is 5.18. The SMILES string of the molecule is C=C1C2CC(C(C)C)CC2[C@H]2CC[C@@H]1C2. The van der Waals surface area contributed by atoms with Crippen LogP contribution in [0.2, 0.25) is 0 Å². The Hall–Kier alpha value is -0.260. The van der Waals surface area contributed by atoms with Gasteiger partial charge < -0.3 is 0 Å². The molecule has 5 atom stereocenters. The molecule has 3 aliphatic carbocycles. The first-order valence-corrected chi connectivity index (χ1v) is 6.85. The zero-order valence-corrected chi connectivity index (χ0v) is 10.2. The molecule has 0 aromatic rings. The van der Waals surface area contributed by atoms with Gasteiger partial charge in [0.2, 0.25) is 0 Å². The van der Waals surface area contributed by atoms with E-state index in [9.17, 15) is 0 Å². The summed E-state index contributed by atoms with van der Waals surface area (Å²) in [4.78, 5) is 0. The van der Waals surface area contributed by atoms with Gasteiger partial charge in [0.15, 0.2) is 0 Å². The van der Waals surface area contributed by atoms with Crippen LogP contribution >= 0.6 is 0 Å². The normalized spacial score (nSPS) is 48.7. The van der Waals surface area contributed by atoms with Crippen LogP contribution in [0.25, 0.3) is 0 Å². The van der Waals surface area contributed by atoms with E-state index in [2.05, 4.69) is 20.4 Å². The summed E-state index contributed by atoms with van der Waals surface area (Å²) in [7, 11) is 0. The minimum atomic E-state index is 0.891. The minimum Gasteiger partial charge on any atom is -0.0993 e. The van der Waals surface area contributed by atoms with Crippen LogP contribution in [0.4, 0.5) is 0 Å². The van der Waals surface area contributed by atoms with E-state index in [1.165, 1.54) is 32.1 Å².